The number of pyridine rings is 2. The zero-order valence-corrected chi connectivity index (χ0v) is 12.6. The van der Waals surface area contributed by atoms with E-state index in [1.807, 2.05) is 0 Å². The molecule has 0 aliphatic rings. The van der Waals surface area contributed by atoms with Gasteiger partial charge < -0.3 is 10.2 Å². The lowest BCUT2D eigenvalue weighted by Gasteiger charge is -2.17. The van der Waals surface area contributed by atoms with Crippen molar-refractivity contribution in [1.29, 1.82) is 0 Å². The highest BCUT2D eigenvalue weighted by Crippen LogP contribution is 2.37. The maximum atomic E-state index is 13.2. The Bertz CT molecular complexity index is 928. The van der Waals surface area contributed by atoms with Crippen molar-refractivity contribution in [3.8, 4) is 5.75 Å². The first-order chi connectivity index (χ1) is 11.8. The number of hydrogen-bond acceptors (Lipinski definition) is 4. The Morgan fingerprint density at radius 3 is 2.52 bits per heavy atom. The van der Waals surface area contributed by atoms with E-state index in [2.05, 4.69) is 9.97 Å². The number of rotatable bonds is 3. The molecular weight excluding hydrogens is 340 g/mol. The van der Waals surface area contributed by atoms with Gasteiger partial charge in [-0.15, -0.1) is 0 Å². The van der Waals surface area contributed by atoms with Crippen molar-refractivity contribution in [1.82, 2.24) is 9.97 Å². The summed E-state index contributed by atoms with van der Waals surface area (Å²) in [7, 11) is 0. The first kappa shape index (κ1) is 17.1. The molecule has 1 unspecified atom stereocenters. The number of hydrogen-bond donors (Lipinski definition) is 2. The van der Waals surface area contributed by atoms with Crippen LogP contribution < -0.4 is 0 Å². The van der Waals surface area contributed by atoms with Gasteiger partial charge in [0.25, 0.3) is 0 Å². The molecule has 1 atom stereocenters. The molecule has 0 spiro atoms. The molecule has 3 rings (SSSR count). The lowest BCUT2D eigenvalue weighted by Crippen LogP contribution is -2.12. The number of aliphatic hydroxyl groups is 1. The maximum absolute atomic E-state index is 13.2. The molecule has 0 aliphatic heterocycles. The minimum Gasteiger partial charge on any atom is -0.506 e. The van der Waals surface area contributed by atoms with Gasteiger partial charge in [0.1, 0.15) is 29.9 Å². The number of aliphatic hydroxyl groups excluding tert-OH is 1. The Labute approximate surface area is 139 Å². The highest BCUT2D eigenvalue weighted by atomic mass is 19.4. The van der Waals surface area contributed by atoms with Crippen LogP contribution in [0.1, 0.15) is 28.6 Å². The second kappa shape index (κ2) is 6.29. The molecule has 0 radical (unpaired) electrons. The fourth-order valence-electron chi connectivity index (χ4n) is 2.58. The molecule has 0 saturated carbocycles. The minimum absolute atomic E-state index is 0.0257. The Morgan fingerprint density at radius 2 is 1.88 bits per heavy atom. The van der Waals surface area contributed by atoms with E-state index in [4.69, 9.17) is 0 Å². The Morgan fingerprint density at radius 1 is 1.12 bits per heavy atom. The van der Waals surface area contributed by atoms with E-state index < -0.39 is 24.6 Å². The van der Waals surface area contributed by atoms with Crippen molar-refractivity contribution < 1.29 is 27.8 Å². The van der Waals surface area contributed by atoms with Gasteiger partial charge in [0.15, 0.2) is 0 Å². The summed E-state index contributed by atoms with van der Waals surface area (Å²) < 4.78 is 52.7. The van der Waals surface area contributed by atoms with Gasteiger partial charge in [-0.2, -0.15) is 13.2 Å². The molecule has 1 aromatic carbocycles. The van der Waals surface area contributed by atoms with E-state index in [1.54, 1.807) is 0 Å². The van der Waals surface area contributed by atoms with Crippen molar-refractivity contribution in [3.05, 3.63) is 65.1 Å². The third-order valence-electron chi connectivity index (χ3n) is 3.76. The van der Waals surface area contributed by atoms with Gasteiger partial charge in [0.05, 0.1) is 5.52 Å². The number of nitrogens with zero attached hydrogens (tertiary/aromatic N) is 2. The van der Waals surface area contributed by atoms with E-state index in [-0.39, 0.29) is 33.5 Å². The summed E-state index contributed by atoms with van der Waals surface area (Å²) in [5.74, 6) is -0.366. The molecule has 0 fully saturated rings. The molecule has 3 aromatic rings. The maximum Gasteiger partial charge on any atom is 0.433 e. The van der Waals surface area contributed by atoms with E-state index in [0.29, 0.717) is 6.07 Å². The van der Waals surface area contributed by atoms with Crippen molar-refractivity contribution in [2.45, 2.75) is 19.0 Å². The van der Waals surface area contributed by atoms with Crippen molar-refractivity contribution in [2.75, 3.05) is 0 Å². The summed E-state index contributed by atoms with van der Waals surface area (Å²) in [5.41, 5.74) is -1.84. The van der Waals surface area contributed by atoms with Gasteiger partial charge in [-0.05, 0) is 23.8 Å². The summed E-state index contributed by atoms with van der Waals surface area (Å²) >= 11 is 0. The average molecular weight is 352 g/mol. The van der Waals surface area contributed by atoms with Crippen LogP contribution in [0.3, 0.4) is 0 Å². The van der Waals surface area contributed by atoms with E-state index in [1.165, 1.54) is 36.5 Å². The zero-order valence-electron chi connectivity index (χ0n) is 12.6. The summed E-state index contributed by atoms with van der Waals surface area (Å²) in [4.78, 5) is 7.34. The SMILES string of the molecule is Oc1cccnc1C(O)c1cc(C(F)(F)F)nc2c(CF)cccc12. The fourth-order valence-corrected chi connectivity index (χ4v) is 2.58. The molecule has 2 N–H and O–H groups in total. The van der Waals surface area contributed by atoms with Crippen LogP contribution in [0.15, 0.2) is 42.6 Å². The van der Waals surface area contributed by atoms with Gasteiger partial charge in [-0.1, -0.05) is 18.2 Å². The Balaban J connectivity index is 2.31. The highest BCUT2D eigenvalue weighted by molar-refractivity contribution is 5.86. The molecule has 2 heterocycles. The van der Waals surface area contributed by atoms with Crippen LogP contribution >= 0.6 is 0 Å². The number of aromatic hydroxyl groups is 1. The van der Waals surface area contributed by atoms with Crippen LogP contribution in [-0.4, -0.2) is 20.2 Å². The second-order valence-corrected chi connectivity index (χ2v) is 5.35. The number of halogens is 4. The van der Waals surface area contributed by atoms with Crippen LogP contribution in [0.4, 0.5) is 17.6 Å². The molecule has 8 heteroatoms. The van der Waals surface area contributed by atoms with Crippen molar-refractivity contribution in [2.24, 2.45) is 0 Å². The lowest BCUT2D eigenvalue weighted by molar-refractivity contribution is -0.141. The van der Waals surface area contributed by atoms with Crippen LogP contribution in [0, 0.1) is 0 Å². The first-order valence-corrected chi connectivity index (χ1v) is 7.20. The van der Waals surface area contributed by atoms with Gasteiger partial charge in [-0.3, -0.25) is 4.98 Å². The number of para-hydroxylation sites is 1. The molecule has 130 valence electrons. The van der Waals surface area contributed by atoms with Gasteiger partial charge in [0, 0.05) is 17.1 Å². The molecule has 2 aromatic heterocycles. The van der Waals surface area contributed by atoms with E-state index in [0.717, 1.165) is 0 Å². The van der Waals surface area contributed by atoms with Crippen LogP contribution in [0.25, 0.3) is 10.9 Å². The quantitative estimate of drug-likeness (QED) is 0.702. The average Bonchev–Trinajstić information content (AvgIpc) is 2.59. The van der Waals surface area contributed by atoms with Crippen LogP contribution in [-0.2, 0) is 12.9 Å². The monoisotopic (exact) mass is 352 g/mol. The summed E-state index contributed by atoms with van der Waals surface area (Å²) in [6.45, 7) is -1.00. The smallest absolute Gasteiger partial charge is 0.433 e. The lowest BCUT2D eigenvalue weighted by atomic mass is 9.98. The largest absolute Gasteiger partial charge is 0.506 e. The molecule has 0 aliphatic carbocycles. The van der Waals surface area contributed by atoms with Crippen LogP contribution in [0.2, 0.25) is 0 Å². The number of fused-ring (bicyclic) bond motifs is 1. The van der Waals surface area contributed by atoms with E-state index in [9.17, 15) is 27.8 Å². The highest BCUT2D eigenvalue weighted by Gasteiger charge is 2.34. The molecule has 25 heavy (non-hydrogen) atoms. The third kappa shape index (κ3) is 3.12. The fraction of sp³-hybridized carbons (Fsp3) is 0.176. The summed E-state index contributed by atoms with van der Waals surface area (Å²) in [6, 6.07) is 7.57. The molecule has 0 amide bonds. The molecule has 4 nitrogen and oxygen atoms in total. The second-order valence-electron chi connectivity index (χ2n) is 5.35. The van der Waals surface area contributed by atoms with Crippen molar-refractivity contribution in [3.63, 3.8) is 0 Å². The van der Waals surface area contributed by atoms with Crippen molar-refractivity contribution >= 4 is 10.9 Å². The normalized spacial score (nSPS) is 13.2. The number of benzene rings is 1. The van der Waals surface area contributed by atoms with Gasteiger partial charge in [-0.25, -0.2) is 9.37 Å². The molecular formula is C17H12F4N2O2. The zero-order chi connectivity index (χ0) is 18.2. The standard InChI is InChI=1S/C17H12F4N2O2/c18-8-9-3-1-4-10-11(7-13(17(19,20)21)23-14(9)10)16(25)15-12(24)5-2-6-22-15/h1-7,16,24-25H,8H2. The molecule has 0 saturated heterocycles. The first-order valence-electron chi connectivity index (χ1n) is 7.20. The van der Waals surface area contributed by atoms with E-state index >= 15 is 0 Å². The minimum atomic E-state index is -4.78. The number of alkyl halides is 4. The predicted octanol–water partition coefficient (Wildman–Crippen LogP) is 3.91. The Hall–Kier alpha value is -2.74. The predicted molar refractivity (Wildman–Crippen MR) is 81.5 cm³/mol. The van der Waals surface area contributed by atoms with Gasteiger partial charge >= 0.3 is 6.18 Å². The van der Waals surface area contributed by atoms with Gasteiger partial charge in [0.2, 0.25) is 0 Å². The third-order valence-corrected chi connectivity index (χ3v) is 3.76. The summed E-state index contributed by atoms with van der Waals surface area (Å²) in [5, 5.41) is 20.5. The molecule has 0 bridgehead atoms. The summed E-state index contributed by atoms with van der Waals surface area (Å²) in [6.07, 6.45) is -5.12. The Kier molecular flexibility index (Phi) is 4.30. The number of aromatic nitrogens is 2. The topological polar surface area (TPSA) is 66.2 Å². The van der Waals surface area contributed by atoms with Crippen LogP contribution in [0.5, 0.6) is 5.75 Å².